The van der Waals surface area contributed by atoms with Crippen LogP contribution in [0.4, 0.5) is 5.69 Å². The van der Waals surface area contributed by atoms with Crippen molar-refractivity contribution in [1.29, 1.82) is 0 Å². The van der Waals surface area contributed by atoms with E-state index in [1.165, 1.54) is 11.3 Å². The molecule has 1 aromatic rings. The molecule has 0 spiro atoms. The number of anilines is 1. The van der Waals surface area contributed by atoms with Crippen LogP contribution in [0.2, 0.25) is 0 Å². The van der Waals surface area contributed by atoms with Gasteiger partial charge in [-0.15, -0.1) is 0 Å². The first-order chi connectivity index (χ1) is 10.7. The number of ether oxygens (including phenoxy) is 2. The summed E-state index contributed by atoms with van der Waals surface area (Å²) < 4.78 is 10.3. The molecule has 124 valence electrons. The second-order valence-corrected chi connectivity index (χ2v) is 5.84. The number of aliphatic hydroxyl groups is 1. The normalized spacial score (nSPS) is 17.7. The highest BCUT2D eigenvalue weighted by atomic mass is 16.5. The van der Waals surface area contributed by atoms with Gasteiger partial charge < -0.3 is 19.5 Å². The van der Waals surface area contributed by atoms with E-state index in [-0.39, 0.29) is 0 Å². The Hall–Kier alpha value is -1.14. The summed E-state index contributed by atoms with van der Waals surface area (Å²) in [5.41, 5.74) is 2.58. The van der Waals surface area contributed by atoms with Crippen LogP contribution in [0.1, 0.15) is 5.56 Å². The molecule has 0 saturated carbocycles. The van der Waals surface area contributed by atoms with Crippen LogP contribution in [0.15, 0.2) is 24.3 Å². The quantitative estimate of drug-likeness (QED) is 0.730. The first-order valence-corrected chi connectivity index (χ1v) is 7.98. The minimum absolute atomic E-state index is 0.377. The molecule has 0 bridgehead atoms. The molecule has 0 aliphatic carbocycles. The second-order valence-electron chi connectivity index (χ2n) is 5.84. The maximum Gasteiger partial charge on any atom is 0.0900 e. The smallest absolute Gasteiger partial charge is 0.0900 e. The van der Waals surface area contributed by atoms with E-state index in [1.54, 1.807) is 7.11 Å². The molecule has 1 heterocycles. The van der Waals surface area contributed by atoms with Crippen LogP contribution >= 0.6 is 0 Å². The molecular weight excluding hydrogens is 280 g/mol. The van der Waals surface area contributed by atoms with Gasteiger partial charge in [-0.2, -0.15) is 0 Å². The van der Waals surface area contributed by atoms with E-state index in [0.29, 0.717) is 26.4 Å². The van der Waals surface area contributed by atoms with E-state index < -0.39 is 6.10 Å². The molecule has 5 nitrogen and oxygen atoms in total. The fourth-order valence-electron chi connectivity index (χ4n) is 2.66. The number of hydrogen-bond acceptors (Lipinski definition) is 5. The highest BCUT2D eigenvalue weighted by Crippen LogP contribution is 2.17. The summed E-state index contributed by atoms with van der Waals surface area (Å²) >= 11 is 0. The predicted molar refractivity (Wildman–Crippen MR) is 88.5 cm³/mol. The number of nitrogens with zero attached hydrogens (tertiary/aromatic N) is 2. The molecule has 1 aliphatic rings. The molecule has 5 heteroatoms. The molecular formula is C17H28N2O3. The van der Waals surface area contributed by atoms with Crippen LogP contribution in [-0.2, 0) is 9.47 Å². The number of hydrogen-bond donors (Lipinski definition) is 1. The van der Waals surface area contributed by atoms with Gasteiger partial charge in [0.05, 0.1) is 25.9 Å². The van der Waals surface area contributed by atoms with Crippen molar-refractivity contribution in [3.63, 3.8) is 0 Å². The molecule has 1 N–H and O–H groups in total. The maximum atomic E-state index is 9.99. The Bertz CT molecular complexity index is 416. The molecule has 1 aliphatic heterocycles. The van der Waals surface area contributed by atoms with Crippen molar-refractivity contribution in [3.8, 4) is 0 Å². The SMILES string of the molecule is COCCOC[C@@H](O)CN1CCN(c2ccc(C)cc2)CC1. The Balaban J connectivity index is 1.67. The molecule has 2 rings (SSSR count). The highest BCUT2D eigenvalue weighted by Gasteiger charge is 2.19. The summed E-state index contributed by atoms with van der Waals surface area (Å²) in [5, 5.41) is 9.99. The van der Waals surface area contributed by atoms with Gasteiger partial charge in [-0.05, 0) is 19.1 Å². The summed E-state index contributed by atoms with van der Waals surface area (Å²) in [6.45, 7) is 8.22. The third-order valence-corrected chi connectivity index (χ3v) is 3.98. The van der Waals surface area contributed by atoms with Gasteiger partial charge in [-0.3, -0.25) is 4.90 Å². The predicted octanol–water partition coefficient (Wildman–Crippen LogP) is 1.14. The molecule has 22 heavy (non-hydrogen) atoms. The van der Waals surface area contributed by atoms with Crippen molar-refractivity contribution >= 4 is 5.69 Å². The van der Waals surface area contributed by atoms with Crippen LogP contribution < -0.4 is 4.90 Å². The van der Waals surface area contributed by atoms with Crippen LogP contribution in [0.5, 0.6) is 0 Å². The standard InChI is InChI=1S/C17H28N2O3/c1-15-3-5-16(6-4-15)19-9-7-18(8-10-19)13-17(20)14-22-12-11-21-2/h3-6,17,20H,7-14H2,1-2H3/t17-/m0/s1. The molecule has 0 radical (unpaired) electrons. The zero-order chi connectivity index (χ0) is 15.8. The van der Waals surface area contributed by atoms with Gasteiger partial charge in [0.1, 0.15) is 0 Å². The summed E-state index contributed by atoms with van der Waals surface area (Å²) in [6.07, 6.45) is -0.428. The van der Waals surface area contributed by atoms with Gasteiger partial charge in [0, 0.05) is 45.5 Å². The van der Waals surface area contributed by atoms with Crippen molar-refractivity contribution in [2.24, 2.45) is 0 Å². The minimum atomic E-state index is -0.428. The Morgan fingerprint density at radius 1 is 1.09 bits per heavy atom. The molecule has 1 aromatic carbocycles. The third-order valence-electron chi connectivity index (χ3n) is 3.98. The van der Waals surface area contributed by atoms with Gasteiger partial charge in [-0.1, -0.05) is 17.7 Å². The molecule has 0 aromatic heterocycles. The topological polar surface area (TPSA) is 45.2 Å². The van der Waals surface area contributed by atoms with Gasteiger partial charge in [-0.25, -0.2) is 0 Å². The van der Waals surface area contributed by atoms with Crippen molar-refractivity contribution in [1.82, 2.24) is 4.90 Å². The summed E-state index contributed by atoms with van der Waals surface area (Å²) in [5.74, 6) is 0. The Kier molecular flexibility index (Phi) is 7.12. The van der Waals surface area contributed by atoms with Gasteiger partial charge in [0.25, 0.3) is 0 Å². The average molecular weight is 308 g/mol. The van der Waals surface area contributed by atoms with Crippen LogP contribution in [0, 0.1) is 6.92 Å². The number of piperazine rings is 1. The number of aliphatic hydroxyl groups excluding tert-OH is 1. The van der Waals surface area contributed by atoms with Crippen molar-refractivity contribution in [3.05, 3.63) is 29.8 Å². The summed E-state index contributed by atoms with van der Waals surface area (Å²) in [7, 11) is 1.65. The lowest BCUT2D eigenvalue weighted by molar-refractivity contribution is -0.00108. The minimum Gasteiger partial charge on any atom is -0.389 e. The van der Waals surface area contributed by atoms with E-state index >= 15 is 0 Å². The number of methoxy groups -OCH3 is 1. The lowest BCUT2D eigenvalue weighted by atomic mass is 10.2. The average Bonchev–Trinajstić information content (AvgIpc) is 2.53. The first-order valence-electron chi connectivity index (χ1n) is 7.98. The fraction of sp³-hybridized carbons (Fsp3) is 0.647. The van der Waals surface area contributed by atoms with Crippen molar-refractivity contribution in [2.75, 3.05) is 64.6 Å². The lowest BCUT2D eigenvalue weighted by Gasteiger charge is -2.36. The van der Waals surface area contributed by atoms with E-state index in [0.717, 1.165) is 26.2 Å². The number of benzene rings is 1. The van der Waals surface area contributed by atoms with Gasteiger partial charge in [0.2, 0.25) is 0 Å². The Morgan fingerprint density at radius 2 is 1.77 bits per heavy atom. The monoisotopic (exact) mass is 308 g/mol. The number of rotatable bonds is 8. The summed E-state index contributed by atoms with van der Waals surface area (Å²) in [4.78, 5) is 4.70. The van der Waals surface area contributed by atoms with E-state index in [9.17, 15) is 5.11 Å². The first kappa shape index (κ1) is 17.2. The Labute approximate surface area is 133 Å². The van der Waals surface area contributed by atoms with Crippen molar-refractivity contribution < 1.29 is 14.6 Å². The van der Waals surface area contributed by atoms with Gasteiger partial charge in [0.15, 0.2) is 0 Å². The fourth-order valence-corrected chi connectivity index (χ4v) is 2.66. The van der Waals surface area contributed by atoms with Crippen LogP contribution in [0.3, 0.4) is 0 Å². The molecule has 1 fully saturated rings. The highest BCUT2D eigenvalue weighted by molar-refractivity contribution is 5.47. The van der Waals surface area contributed by atoms with Crippen LogP contribution in [0.25, 0.3) is 0 Å². The molecule has 0 unspecified atom stereocenters. The maximum absolute atomic E-state index is 9.99. The number of aryl methyl sites for hydroxylation is 1. The zero-order valence-corrected chi connectivity index (χ0v) is 13.7. The van der Waals surface area contributed by atoms with E-state index in [1.807, 2.05) is 0 Å². The lowest BCUT2D eigenvalue weighted by Crippen LogP contribution is -2.49. The molecule has 1 atom stereocenters. The third kappa shape index (κ3) is 5.57. The van der Waals surface area contributed by atoms with E-state index in [4.69, 9.17) is 9.47 Å². The molecule has 0 amide bonds. The van der Waals surface area contributed by atoms with E-state index in [2.05, 4.69) is 41.0 Å². The summed E-state index contributed by atoms with van der Waals surface area (Å²) in [6, 6.07) is 8.68. The molecule has 1 saturated heterocycles. The Morgan fingerprint density at radius 3 is 2.41 bits per heavy atom. The van der Waals surface area contributed by atoms with Crippen LogP contribution in [-0.4, -0.2) is 75.8 Å². The second kappa shape index (κ2) is 9.10. The number of β-amino-alcohol motifs (C(OH)–C–C–N with tert-alkyl or cyclic N) is 1. The zero-order valence-electron chi connectivity index (χ0n) is 13.7. The largest absolute Gasteiger partial charge is 0.389 e. The van der Waals surface area contributed by atoms with Crippen molar-refractivity contribution in [2.45, 2.75) is 13.0 Å². The van der Waals surface area contributed by atoms with Gasteiger partial charge >= 0.3 is 0 Å².